The normalized spacial score (nSPS) is 18.1. The first-order valence-electron chi connectivity index (χ1n) is 8.69. The van der Waals surface area contributed by atoms with Crippen LogP contribution in [0.25, 0.3) is 11.8 Å². The van der Waals surface area contributed by atoms with Gasteiger partial charge in [-0.15, -0.1) is 0 Å². The minimum absolute atomic E-state index is 0.223. The molecule has 27 heavy (non-hydrogen) atoms. The van der Waals surface area contributed by atoms with E-state index in [0.717, 1.165) is 5.56 Å². The molecule has 3 rings (SSSR count). The molecule has 0 saturated carbocycles. The van der Waals surface area contributed by atoms with Gasteiger partial charge in [0.1, 0.15) is 19.4 Å². The van der Waals surface area contributed by atoms with Crippen molar-refractivity contribution in [2.75, 3.05) is 20.0 Å². The Kier molecular flexibility index (Phi) is 6.26. The van der Waals surface area contributed by atoms with Crippen molar-refractivity contribution >= 4 is 29.3 Å². The van der Waals surface area contributed by atoms with E-state index in [-0.39, 0.29) is 19.2 Å². The third-order valence-electron chi connectivity index (χ3n) is 4.32. The minimum atomic E-state index is -0.647. The molecule has 1 aromatic heterocycles. The van der Waals surface area contributed by atoms with Crippen LogP contribution in [0.4, 0.5) is 0 Å². The molecule has 1 atom stereocenters. The maximum Gasteiger partial charge on any atom is 0.306 e. The van der Waals surface area contributed by atoms with Gasteiger partial charge in [0.2, 0.25) is 0 Å². The number of rotatable bonds is 6. The van der Waals surface area contributed by atoms with Gasteiger partial charge in [-0.3, -0.25) is 4.79 Å². The van der Waals surface area contributed by atoms with Crippen molar-refractivity contribution < 1.29 is 19.0 Å². The van der Waals surface area contributed by atoms with Gasteiger partial charge in [0.05, 0.1) is 24.3 Å². The van der Waals surface area contributed by atoms with Crippen molar-refractivity contribution in [1.29, 1.82) is 0 Å². The van der Waals surface area contributed by atoms with E-state index >= 15 is 0 Å². The monoisotopic (exact) mass is 391 g/mol. The van der Waals surface area contributed by atoms with Gasteiger partial charge in [-0.1, -0.05) is 37.6 Å². The largest absolute Gasteiger partial charge is 0.455 e. The number of halogens is 1. The van der Waals surface area contributed by atoms with Crippen LogP contribution < -0.4 is 0 Å². The number of carbonyl (C=O) groups is 1. The molecule has 0 radical (unpaired) electrons. The van der Waals surface area contributed by atoms with Gasteiger partial charge in [-0.05, 0) is 23.8 Å². The summed E-state index contributed by atoms with van der Waals surface area (Å²) in [7, 11) is 0. The highest BCUT2D eigenvalue weighted by Gasteiger charge is 2.43. The Morgan fingerprint density at radius 2 is 2.22 bits per heavy atom. The molecule has 1 fully saturated rings. The average molecular weight is 392 g/mol. The second kappa shape index (κ2) is 8.65. The molecular weight excluding hydrogens is 370 g/mol. The number of benzene rings is 1. The van der Waals surface area contributed by atoms with Crippen molar-refractivity contribution in [1.82, 2.24) is 14.8 Å². The molecule has 1 unspecified atom stereocenters. The zero-order valence-corrected chi connectivity index (χ0v) is 16.1. The quantitative estimate of drug-likeness (QED) is 0.703. The predicted octanol–water partition coefficient (Wildman–Crippen LogP) is 3.26. The van der Waals surface area contributed by atoms with E-state index in [0.29, 0.717) is 23.9 Å². The van der Waals surface area contributed by atoms with Crippen molar-refractivity contribution in [3.63, 3.8) is 0 Å². The number of ether oxygens (including phenoxy) is 3. The Balaban J connectivity index is 2.08. The summed E-state index contributed by atoms with van der Waals surface area (Å²) in [6.45, 7) is 4.71. The molecule has 1 aromatic carbocycles. The van der Waals surface area contributed by atoms with E-state index in [1.807, 2.05) is 31.2 Å². The SMILES string of the molecule is CCC(=O)OC(C(=Cc1cccc(Cl)c1)n1cncn1)C1(C)COCOC1. The number of hydrogen-bond donors (Lipinski definition) is 0. The average Bonchev–Trinajstić information content (AvgIpc) is 3.19. The summed E-state index contributed by atoms with van der Waals surface area (Å²) in [5.41, 5.74) is 0.916. The molecule has 0 bridgehead atoms. The molecule has 2 heterocycles. The van der Waals surface area contributed by atoms with Crippen LogP contribution >= 0.6 is 11.6 Å². The first-order chi connectivity index (χ1) is 13.0. The molecule has 2 aromatic rings. The van der Waals surface area contributed by atoms with Gasteiger partial charge in [0, 0.05) is 11.4 Å². The highest BCUT2D eigenvalue weighted by Crippen LogP contribution is 2.35. The van der Waals surface area contributed by atoms with Gasteiger partial charge < -0.3 is 14.2 Å². The van der Waals surface area contributed by atoms with Crippen LogP contribution in [0.15, 0.2) is 36.9 Å². The van der Waals surface area contributed by atoms with Crippen molar-refractivity contribution in [3.05, 3.63) is 47.5 Å². The molecule has 0 spiro atoms. The fourth-order valence-corrected chi connectivity index (χ4v) is 3.15. The summed E-state index contributed by atoms with van der Waals surface area (Å²) in [4.78, 5) is 16.2. The number of hydrogen-bond acceptors (Lipinski definition) is 6. The third-order valence-corrected chi connectivity index (χ3v) is 4.55. The molecule has 0 N–H and O–H groups in total. The van der Waals surface area contributed by atoms with Gasteiger partial charge >= 0.3 is 5.97 Å². The summed E-state index contributed by atoms with van der Waals surface area (Å²) >= 11 is 6.13. The predicted molar refractivity (Wildman–Crippen MR) is 101 cm³/mol. The number of nitrogens with zero attached hydrogens (tertiary/aromatic N) is 3. The molecule has 8 heteroatoms. The van der Waals surface area contributed by atoms with E-state index < -0.39 is 11.5 Å². The van der Waals surface area contributed by atoms with Gasteiger partial charge in [-0.2, -0.15) is 5.10 Å². The molecule has 0 amide bonds. The zero-order valence-electron chi connectivity index (χ0n) is 15.3. The lowest BCUT2D eigenvalue weighted by Crippen LogP contribution is -2.47. The molecule has 144 valence electrons. The van der Waals surface area contributed by atoms with Crippen LogP contribution in [-0.4, -0.2) is 46.8 Å². The summed E-state index contributed by atoms with van der Waals surface area (Å²) in [5.74, 6) is -0.316. The summed E-state index contributed by atoms with van der Waals surface area (Å²) < 4.78 is 18.5. The lowest BCUT2D eigenvalue weighted by atomic mass is 9.83. The molecule has 1 saturated heterocycles. The topological polar surface area (TPSA) is 75.5 Å². The van der Waals surface area contributed by atoms with E-state index in [1.165, 1.54) is 6.33 Å². The number of aromatic nitrogens is 3. The Morgan fingerprint density at radius 3 is 2.85 bits per heavy atom. The second-order valence-electron chi connectivity index (χ2n) is 6.66. The molecule has 1 aliphatic rings. The second-order valence-corrected chi connectivity index (χ2v) is 7.09. The first kappa shape index (κ1) is 19.5. The molecule has 1 aliphatic heterocycles. The van der Waals surface area contributed by atoms with E-state index in [2.05, 4.69) is 10.1 Å². The standard InChI is InChI=1S/C19H22ClN3O4/c1-3-17(24)27-18(19(2)9-25-13-26-10-19)16(23-12-21-11-22-23)8-14-5-4-6-15(20)7-14/h4-8,11-12,18H,3,9-10,13H2,1-2H3. The van der Waals surface area contributed by atoms with Gasteiger partial charge in [0.15, 0.2) is 6.10 Å². The van der Waals surface area contributed by atoms with Crippen molar-refractivity contribution in [3.8, 4) is 0 Å². The Bertz CT molecular complexity index is 801. The summed E-state index contributed by atoms with van der Waals surface area (Å²) in [5, 5.41) is 4.86. The van der Waals surface area contributed by atoms with Crippen LogP contribution in [0.5, 0.6) is 0 Å². The maximum absolute atomic E-state index is 12.2. The summed E-state index contributed by atoms with van der Waals surface area (Å²) in [6, 6.07) is 7.40. The van der Waals surface area contributed by atoms with E-state index in [9.17, 15) is 4.79 Å². The lowest BCUT2D eigenvalue weighted by Gasteiger charge is -2.40. The summed E-state index contributed by atoms with van der Waals surface area (Å²) in [6.07, 6.45) is 4.49. The smallest absolute Gasteiger partial charge is 0.306 e. The Hall–Kier alpha value is -2.22. The van der Waals surface area contributed by atoms with Crippen LogP contribution in [0.1, 0.15) is 25.8 Å². The Morgan fingerprint density at radius 1 is 1.44 bits per heavy atom. The minimum Gasteiger partial charge on any atom is -0.455 e. The fraction of sp³-hybridized carbons (Fsp3) is 0.421. The number of carbonyl (C=O) groups excluding carboxylic acids is 1. The fourth-order valence-electron chi connectivity index (χ4n) is 2.95. The van der Waals surface area contributed by atoms with Crippen LogP contribution in [-0.2, 0) is 19.0 Å². The molecular formula is C19H22ClN3O4. The Labute approximate surface area is 162 Å². The highest BCUT2D eigenvalue weighted by molar-refractivity contribution is 6.30. The first-order valence-corrected chi connectivity index (χ1v) is 9.07. The zero-order chi connectivity index (χ0) is 19.3. The van der Waals surface area contributed by atoms with Crippen LogP contribution in [0.3, 0.4) is 0 Å². The number of esters is 1. The van der Waals surface area contributed by atoms with Crippen LogP contribution in [0.2, 0.25) is 5.02 Å². The van der Waals surface area contributed by atoms with E-state index in [4.69, 9.17) is 25.8 Å². The third kappa shape index (κ3) is 4.74. The lowest BCUT2D eigenvalue weighted by molar-refractivity contribution is -0.192. The van der Waals surface area contributed by atoms with Crippen molar-refractivity contribution in [2.45, 2.75) is 26.4 Å². The maximum atomic E-state index is 12.2. The van der Waals surface area contributed by atoms with Gasteiger partial charge in [-0.25, -0.2) is 9.67 Å². The van der Waals surface area contributed by atoms with Crippen molar-refractivity contribution in [2.24, 2.45) is 5.41 Å². The van der Waals surface area contributed by atoms with E-state index in [1.54, 1.807) is 24.0 Å². The molecule has 7 nitrogen and oxygen atoms in total. The van der Waals surface area contributed by atoms with Crippen LogP contribution in [0, 0.1) is 5.41 Å². The van der Waals surface area contributed by atoms with Gasteiger partial charge in [0.25, 0.3) is 0 Å². The highest BCUT2D eigenvalue weighted by atomic mass is 35.5. The molecule has 0 aliphatic carbocycles.